The summed E-state index contributed by atoms with van der Waals surface area (Å²) in [6.07, 6.45) is 2.06. The number of imidazole rings is 1. The molecule has 0 aliphatic carbocycles. The van der Waals surface area contributed by atoms with Crippen LogP contribution in [-0.4, -0.2) is 50.1 Å². The second-order valence-corrected chi connectivity index (χ2v) is 10.6. The largest absolute Gasteiger partial charge is 0.396 e. The van der Waals surface area contributed by atoms with Gasteiger partial charge in [-0.3, -0.25) is 0 Å². The highest BCUT2D eigenvalue weighted by molar-refractivity contribution is 7.99. The Morgan fingerprint density at radius 1 is 1.17 bits per heavy atom. The molecular weight excluding hydrogens is 476 g/mol. The molecule has 7 nitrogen and oxygen atoms in total. The summed E-state index contributed by atoms with van der Waals surface area (Å²) in [6.45, 7) is 7.93. The third-order valence-electron chi connectivity index (χ3n) is 6.81. The fourth-order valence-corrected chi connectivity index (χ4v) is 5.82. The molecule has 0 saturated carbocycles. The van der Waals surface area contributed by atoms with Gasteiger partial charge in [-0.05, 0) is 67.4 Å². The highest BCUT2D eigenvalue weighted by Crippen LogP contribution is 2.31. The summed E-state index contributed by atoms with van der Waals surface area (Å²) < 4.78 is 2.82. The van der Waals surface area contributed by atoms with Gasteiger partial charge in [0.2, 0.25) is 0 Å². The number of hydrogen-bond acceptors (Lipinski definition) is 7. The molecule has 0 spiro atoms. The SMILES string of the molecule is CCSc1nc(NCc2ccccc2N2CCC(CO)CC2)c2cc3[nH]c(=S)n(CC)c3cc2n1. The number of thioether (sulfide) groups is 1. The molecule has 0 bridgehead atoms. The third-order valence-corrected chi connectivity index (χ3v) is 7.86. The van der Waals surface area contributed by atoms with Gasteiger partial charge >= 0.3 is 0 Å². The van der Waals surface area contributed by atoms with Crippen LogP contribution in [-0.2, 0) is 13.1 Å². The number of aliphatic hydroxyl groups excluding tert-OH is 1. The highest BCUT2D eigenvalue weighted by Gasteiger charge is 2.20. The van der Waals surface area contributed by atoms with Crippen molar-refractivity contribution in [1.82, 2.24) is 19.5 Å². The standard InChI is InChI=1S/C26H32N6OS2/c1-3-32-23-14-20-19(13-21(23)29-26(32)34)24(30-25(28-20)35-4-2)27-15-18-7-5-6-8-22(18)31-11-9-17(16-33)10-12-31/h5-8,13-14,17,33H,3-4,9-12,15-16H2,1-2H3,(H,29,34)(H,27,28,30). The van der Waals surface area contributed by atoms with E-state index in [1.807, 2.05) is 0 Å². The minimum Gasteiger partial charge on any atom is -0.396 e. The maximum Gasteiger partial charge on any atom is 0.190 e. The molecule has 1 aliphatic heterocycles. The van der Waals surface area contributed by atoms with Gasteiger partial charge in [-0.15, -0.1) is 0 Å². The Balaban J connectivity index is 1.48. The molecule has 184 valence electrons. The number of anilines is 2. The zero-order valence-electron chi connectivity index (χ0n) is 20.3. The van der Waals surface area contributed by atoms with Crippen LogP contribution in [0.15, 0.2) is 41.6 Å². The molecular formula is C26H32N6OS2. The van der Waals surface area contributed by atoms with Crippen molar-refractivity contribution in [2.24, 2.45) is 5.92 Å². The van der Waals surface area contributed by atoms with Gasteiger partial charge in [0.25, 0.3) is 0 Å². The van der Waals surface area contributed by atoms with Crippen molar-refractivity contribution in [2.45, 2.75) is 44.9 Å². The second kappa shape index (κ2) is 10.6. The number of aryl methyl sites for hydroxylation is 1. The van der Waals surface area contributed by atoms with Gasteiger partial charge in [-0.2, -0.15) is 0 Å². The fraction of sp³-hybridized carbons (Fsp3) is 0.423. The number of nitrogens with zero attached hydrogens (tertiary/aromatic N) is 4. The van der Waals surface area contributed by atoms with E-state index < -0.39 is 0 Å². The molecule has 3 heterocycles. The van der Waals surface area contributed by atoms with Crippen molar-refractivity contribution in [1.29, 1.82) is 0 Å². The lowest BCUT2D eigenvalue weighted by molar-refractivity contribution is 0.203. The number of hydrogen-bond donors (Lipinski definition) is 3. The van der Waals surface area contributed by atoms with Crippen LogP contribution < -0.4 is 10.2 Å². The molecule has 0 radical (unpaired) electrons. The summed E-state index contributed by atoms with van der Waals surface area (Å²) >= 11 is 7.18. The van der Waals surface area contributed by atoms with Crippen LogP contribution >= 0.6 is 24.0 Å². The van der Waals surface area contributed by atoms with E-state index in [9.17, 15) is 5.11 Å². The average Bonchev–Trinajstić information content (AvgIpc) is 3.20. The zero-order chi connectivity index (χ0) is 24.4. The van der Waals surface area contributed by atoms with Crippen LogP contribution in [0.3, 0.4) is 0 Å². The monoisotopic (exact) mass is 508 g/mol. The van der Waals surface area contributed by atoms with Crippen LogP contribution in [0.1, 0.15) is 32.3 Å². The minimum atomic E-state index is 0.287. The van der Waals surface area contributed by atoms with E-state index in [1.54, 1.807) is 11.8 Å². The number of fused-ring (bicyclic) bond motifs is 2. The smallest absolute Gasteiger partial charge is 0.190 e. The number of aromatic nitrogens is 4. The van der Waals surface area contributed by atoms with E-state index in [4.69, 9.17) is 22.2 Å². The lowest BCUT2D eigenvalue weighted by atomic mass is 9.97. The molecule has 2 aromatic heterocycles. The number of aliphatic hydroxyl groups is 1. The Morgan fingerprint density at radius 3 is 2.71 bits per heavy atom. The molecule has 1 aliphatic rings. The number of para-hydroxylation sites is 1. The maximum absolute atomic E-state index is 9.50. The molecule has 9 heteroatoms. The Bertz CT molecular complexity index is 1390. The van der Waals surface area contributed by atoms with Crippen molar-refractivity contribution in [3.63, 3.8) is 0 Å². The van der Waals surface area contributed by atoms with Crippen LogP contribution in [0.4, 0.5) is 11.5 Å². The molecule has 0 atom stereocenters. The first kappa shape index (κ1) is 24.1. The normalized spacial score (nSPS) is 14.8. The molecule has 1 fully saturated rings. The summed E-state index contributed by atoms with van der Waals surface area (Å²) in [5.74, 6) is 2.17. The minimum absolute atomic E-state index is 0.287. The van der Waals surface area contributed by atoms with Crippen molar-refractivity contribution in [3.05, 3.63) is 46.7 Å². The summed E-state index contributed by atoms with van der Waals surface area (Å²) in [7, 11) is 0. The van der Waals surface area contributed by atoms with E-state index in [-0.39, 0.29) is 6.61 Å². The van der Waals surface area contributed by atoms with Crippen LogP contribution in [0, 0.1) is 10.7 Å². The summed E-state index contributed by atoms with van der Waals surface area (Å²) in [5, 5.41) is 14.9. The van der Waals surface area contributed by atoms with Gasteiger partial charge in [0.1, 0.15) is 5.82 Å². The lowest BCUT2D eigenvalue weighted by Gasteiger charge is -2.34. The van der Waals surface area contributed by atoms with E-state index in [1.165, 1.54) is 11.3 Å². The van der Waals surface area contributed by atoms with Gasteiger partial charge in [0.05, 0.1) is 16.6 Å². The molecule has 0 amide bonds. The predicted octanol–water partition coefficient (Wildman–Crippen LogP) is 5.59. The van der Waals surface area contributed by atoms with Crippen molar-refractivity contribution >= 4 is 57.4 Å². The van der Waals surface area contributed by atoms with E-state index in [2.05, 4.69) is 70.0 Å². The first-order valence-corrected chi connectivity index (χ1v) is 13.7. The van der Waals surface area contributed by atoms with Gasteiger partial charge in [0.15, 0.2) is 9.93 Å². The van der Waals surface area contributed by atoms with Crippen molar-refractivity contribution < 1.29 is 5.11 Å². The lowest BCUT2D eigenvalue weighted by Crippen LogP contribution is -2.35. The second-order valence-electron chi connectivity index (χ2n) is 8.94. The molecule has 3 N–H and O–H groups in total. The number of H-pyrrole nitrogens is 1. The number of piperidine rings is 1. The molecule has 4 aromatic rings. The number of benzene rings is 2. The Morgan fingerprint density at radius 2 is 1.97 bits per heavy atom. The van der Waals surface area contributed by atoms with Crippen LogP contribution in [0.5, 0.6) is 0 Å². The van der Waals surface area contributed by atoms with E-state index >= 15 is 0 Å². The summed E-state index contributed by atoms with van der Waals surface area (Å²) in [6, 6.07) is 12.8. The fourth-order valence-electron chi connectivity index (χ4n) is 4.91. The highest BCUT2D eigenvalue weighted by atomic mass is 32.2. The van der Waals surface area contributed by atoms with Crippen LogP contribution in [0.2, 0.25) is 0 Å². The molecule has 35 heavy (non-hydrogen) atoms. The predicted molar refractivity (Wildman–Crippen MR) is 148 cm³/mol. The molecule has 2 aromatic carbocycles. The van der Waals surface area contributed by atoms with E-state index in [0.29, 0.717) is 12.5 Å². The average molecular weight is 509 g/mol. The Labute approximate surface area is 215 Å². The first-order chi connectivity index (χ1) is 17.1. The van der Waals surface area contributed by atoms with Crippen LogP contribution in [0.25, 0.3) is 21.9 Å². The van der Waals surface area contributed by atoms with Gasteiger partial charge < -0.3 is 24.9 Å². The molecule has 5 rings (SSSR count). The topological polar surface area (TPSA) is 82.0 Å². The van der Waals surface area contributed by atoms with Crippen molar-refractivity contribution in [3.8, 4) is 0 Å². The third kappa shape index (κ3) is 4.90. The molecule has 0 unspecified atom stereocenters. The quantitative estimate of drug-likeness (QED) is 0.162. The van der Waals surface area contributed by atoms with Gasteiger partial charge in [-0.25, -0.2) is 9.97 Å². The number of aromatic amines is 1. The number of rotatable bonds is 8. The Hall–Kier alpha value is -2.62. The van der Waals surface area contributed by atoms with Gasteiger partial charge in [-0.1, -0.05) is 36.9 Å². The zero-order valence-corrected chi connectivity index (χ0v) is 21.9. The Kier molecular flexibility index (Phi) is 7.27. The van der Waals surface area contributed by atoms with E-state index in [0.717, 1.165) is 75.9 Å². The van der Waals surface area contributed by atoms with Gasteiger partial charge in [0, 0.05) is 43.9 Å². The molecule has 1 saturated heterocycles. The van der Waals surface area contributed by atoms with Crippen molar-refractivity contribution in [2.75, 3.05) is 35.7 Å². The summed E-state index contributed by atoms with van der Waals surface area (Å²) in [4.78, 5) is 15.5. The number of nitrogens with one attached hydrogen (secondary N) is 2. The first-order valence-electron chi connectivity index (χ1n) is 12.4. The summed E-state index contributed by atoms with van der Waals surface area (Å²) in [5.41, 5.74) is 5.48. The maximum atomic E-state index is 9.50.